The van der Waals surface area contributed by atoms with E-state index in [0.717, 1.165) is 5.56 Å². The maximum absolute atomic E-state index is 13.1. The first-order valence-corrected chi connectivity index (χ1v) is 11.2. The smallest absolute Gasteiger partial charge is 0.271 e. The van der Waals surface area contributed by atoms with Crippen molar-refractivity contribution >= 4 is 28.1 Å². The van der Waals surface area contributed by atoms with Gasteiger partial charge in [-0.1, -0.05) is 12.1 Å². The molecule has 0 fully saturated rings. The Morgan fingerprint density at radius 2 is 1.70 bits per heavy atom. The highest BCUT2D eigenvalue weighted by Crippen LogP contribution is 2.37. The molecule has 1 amide bonds. The van der Waals surface area contributed by atoms with Gasteiger partial charge in [0.15, 0.2) is 11.5 Å². The number of carbonyl (C=O) groups excluding carboxylic acids is 1. The van der Waals surface area contributed by atoms with Crippen LogP contribution in [0.1, 0.15) is 35.3 Å². The highest BCUT2D eigenvalue weighted by Gasteiger charge is 2.12. The van der Waals surface area contributed by atoms with Gasteiger partial charge in [-0.15, -0.1) is 0 Å². The minimum absolute atomic E-state index is 0.254. The Morgan fingerprint density at radius 1 is 1.00 bits per heavy atom. The molecule has 6 nitrogen and oxygen atoms in total. The van der Waals surface area contributed by atoms with Crippen molar-refractivity contribution in [2.45, 2.75) is 20.5 Å². The normalized spacial score (nSPS) is 10.8. The molecule has 0 aliphatic carbocycles. The van der Waals surface area contributed by atoms with Gasteiger partial charge in [-0.2, -0.15) is 5.10 Å². The second-order valence-electron chi connectivity index (χ2n) is 6.83. The zero-order chi connectivity index (χ0) is 23.6. The molecule has 3 aromatic rings. The van der Waals surface area contributed by atoms with Crippen molar-refractivity contribution in [1.29, 1.82) is 0 Å². The minimum atomic E-state index is -0.336. The van der Waals surface area contributed by atoms with Gasteiger partial charge in [0.25, 0.3) is 5.91 Å². The lowest BCUT2D eigenvalue weighted by atomic mass is 10.2. The van der Waals surface area contributed by atoms with Gasteiger partial charge in [0.1, 0.15) is 18.2 Å². The van der Waals surface area contributed by atoms with Crippen LogP contribution in [0.15, 0.2) is 70.2 Å². The number of hydrogen-bond acceptors (Lipinski definition) is 5. The molecule has 0 radical (unpaired) electrons. The number of carbonyl (C=O) groups is 1. The lowest BCUT2D eigenvalue weighted by molar-refractivity contribution is 0.0955. The number of rotatable bonds is 10. The number of benzene rings is 3. The first-order valence-electron chi connectivity index (χ1n) is 10.4. The van der Waals surface area contributed by atoms with Crippen LogP contribution in [-0.2, 0) is 6.61 Å². The van der Waals surface area contributed by atoms with Crippen LogP contribution in [0.5, 0.6) is 17.2 Å². The number of amides is 1. The number of hydrazone groups is 1. The van der Waals surface area contributed by atoms with Crippen molar-refractivity contribution in [2.75, 3.05) is 13.2 Å². The summed E-state index contributed by atoms with van der Waals surface area (Å²) < 4.78 is 30.8. The van der Waals surface area contributed by atoms with Gasteiger partial charge in [0, 0.05) is 5.56 Å². The summed E-state index contributed by atoms with van der Waals surface area (Å²) in [6.45, 7) is 5.02. The first-order chi connectivity index (χ1) is 16.0. The zero-order valence-electron chi connectivity index (χ0n) is 18.3. The average molecular weight is 515 g/mol. The molecule has 0 bridgehead atoms. The Hall–Kier alpha value is -3.39. The van der Waals surface area contributed by atoms with E-state index in [1.807, 2.05) is 13.8 Å². The molecule has 0 saturated carbocycles. The predicted octanol–water partition coefficient (Wildman–Crippen LogP) is 5.73. The van der Waals surface area contributed by atoms with E-state index >= 15 is 0 Å². The van der Waals surface area contributed by atoms with E-state index in [-0.39, 0.29) is 18.3 Å². The summed E-state index contributed by atoms with van der Waals surface area (Å²) in [6.07, 6.45) is 1.52. The fourth-order valence-electron chi connectivity index (χ4n) is 2.90. The van der Waals surface area contributed by atoms with Crippen LogP contribution in [0.25, 0.3) is 0 Å². The molecule has 0 atom stereocenters. The quantitative estimate of drug-likeness (QED) is 0.277. The maximum Gasteiger partial charge on any atom is 0.271 e. The molecular weight excluding hydrogens is 491 g/mol. The summed E-state index contributed by atoms with van der Waals surface area (Å²) in [6, 6.07) is 16.5. The summed E-state index contributed by atoms with van der Waals surface area (Å²) in [5.41, 5.74) is 4.50. The lowest BCUT2D eigenvalue weighted by Gasteiger charge is -2.14. The summed E-state index contributed by atoms with van der Waals surface area (Å²) in [5.74, 6) is 1.11. The summed E-state index contributed by atoms with van der Waals surface area (Å²) in [4.78, 5) is 12.3. The molecule has 3 aromatic carbocycles. The van der Waals surface area contributed by atoms with E-state index in [2.05, 4.69) is 26.5 Å². The zero-order valence-corrected chi connectivity index (χ0v) is 19.9. The maximum atomic E-state index is 13.1. The van der Waals surface area contributed by atoms with E-state index < -0.39 is 0 Å². The fraction of sp³-hybridized carbons (Fsp3) is 0.200. The summed E-state index contributed by atoms with van der Waals surface area (Å²) in [5, 5.41) is 4.04. The fourth-order valence-corrected chi connectivity index (χ4v) is 3.47. The Balaban J connectivity index is 1.67. The van der Waals surface area contributed by atoms with Gasteiger partial charge in [-0.3, -0.25) is 4.79 Å². The van der Waals surface area contributed by atoms with Gasteiger partial charge in [-0.05, 0) is 89.4 Å². The van der Waals surface area contributed by atoms with E-state index in [4.69, 9.17) is 14.2 Å². The Labute approximate surface area is 200 Å². The Kier molecular flexibility index (Phi) is 8.83. The summed E-state index contributed by atoms with van der Waals surface area (Å²) >= 11 is 3.50. The number of halogens is 2. The standard InChI is InChI=1S/C25H24BrFN2O4/c1-3-31-21-11-7-19(8-12-21)25(30)29-28-15-18-13-22(26)24(23(14-18)32-4-2)33-16-17-5-9-20(27)10-6-17/h5-15H,3-4,16H2,1-2H3,(H,29,30)/b28-15+. The topological polar surface area (TPSA) is 69.2 Å². The van der Waals surface area contributed by atoms with Crippen LogP contribution in [0.3, 0.4) is 0 Å². The minimum Gasteiger partial charge on any atom is -0.494 e. The van der Waals surface area contributed by atoms with E-state index in [1.54, 1.807) is 48.5 Å². The van der Waals surface area contributed by atoms with Crippen molar-refractivity contribution in [2.24, 2.45) is 5.10 Å². The third-order valence-corrected chi connectivity index (χ3v) is 5.02. The van der Waals surface area contributed by atoms with E-state index in [1.165, 1.54) is 18.3 Å². The molecule has 0 aliphatic heterocycles. The largest absolute Gasteiger partial charge is 0.494 e. The molecule has 1 N–H and O–H groups in total. The average Bonchev–Trinajstić information content (AvgIpc) is 2.80. The molecule has 0 saturated heterocycles. The predicted molar refractivity (Wildman–Crippen MR) is 129 cm³/mol. The van der Waals surface area contributed by atoms with Crippen molar-refractivity contribution in [3.05, 3.63) is 87.6 Å². The second kappa shape index (κ2) is 12.0. The molecule has 0 aromatic heterocycles. The van der Waals surface area contributed by atoms with Gasteiger partial charge < -0.3 is 14.2 Å². The van der Waals surface area contributed by atoms with Crippen LogP contribution in [0.2, 0.25) is 0 Å². The number of nitrogens with zero attached hydrogens (tertiary/aromatic N) is 1. The summed E-state index contributed by atoms with van der Waals surface area (Å²) in [7, 11) is 0. The third kappa shape index (κ3) is 7.05. The van der Waals surface area contributed by atoms with Crippen LogP contribution in [-0.4, -0.2) is 25.3 Å². The highest BCUT2D eigenvalue weighted by molar-refractivity contribution is 9.10. The lowest BCUT2D eigenvalue weighted by Crippen LogP contribution is -2.17. The second-order valence-corrected chi connectivity index (χ2v) is 7.69. The number of ether oxygens (including phenoxy) is 3. The first kappa shape index (κ1) is 24.3. The molecule has 0 spiro atoms. The monoisotopic (exact) mass is 514 g/mol. The number of hydrogen-bond donors (Lipinski definition) is 1. The van der Waals surface area contributed by atoms with Gasteiger partial charge in [-0.25, -0.2) is 9.82 Å². The molecule has 0 unspecified atom stereocenters. The van der Waals surface area contributed by atoms with Crippen molar-refractivity contribution < 1.29 is 23.4 Å². The molecule has 0 aliphatic rings. The highest BCUT2D eigenvalue weighted by atomic mass is 79.9. The van der Waals surface area contributed by atoms with E-state index in [0.29, 0.717) is 46.1 Å². The van der Waals surface area contributed by atoms with Gasteiger partial charge in [0.2, 0.25) is 0 Å². The molecule has 3 rings (SSSR count). The van der Waals surface area contributed by atoms with Crippen molar-refractivity contribution in [1.82, 2.24) is 5.43 Å². The van der Waals surface area contributed by atoms with Gasteiger partial charge in [0.05, 0.1) is 23.9 Å². The van der Waals surface area contributed by atoms with Crippen molar-refractivity contribution in [3.63, 3.8) is 0 Å². The SMILES string of the molecule is CCOc1ccc(C(=O)N/N=C/c2cc(Br)c(OCc3ccc(F)cc3)c(OCC)c2)cc1. The van der Waals surface area contributed by atoms with Gasteiger partial charge >= 0.3 is 0 Å². The molecule has 0 heterocycles. The third-order valence-electron chi connectivity index (χ3n) is 4.44. The van der Waals surface area contributed by atoms with Crippen LogP contribution in [0, 0.1) is 5.82 Å². The van der Waals surface area contributed by atoms with Crippen molar-refractivity contribution in [3.8, 4) is 17.2 Å². The number of nitrogens with one attached hydrogen (secondary N) is 1. The molecule has 172 valence electrons. The van der Waals surface area contributed by atoms with Crippen LogP contribution < -0.4 is 19.6 Å². The van der Waals surface area contributed by atoms with E-state index in [9.17, 15) is 9.18 Å². The Bertz CT molecular complexity index is 1100. The molecular formula is C25H24BrFN2O4. The van der Waals surface area contributed by atoms with Crippen LogP contribution >= 0.6 is 15.9 Å². The Morgan fingerprint density at radius 3 is 2.36 bits per heavy atom. The molecule has 33 heavy (non-hydrogen) atoms. The van der Waals surface area contributed by atoms with Crippen LogP contribution in [0.4, 0.5) is 4.39 Å². The molecule has 8 heteroatoms.